The van der Waals surface area contributed by atoms with Crippen LogP contribution in [0, 0.1) is 11.8 Å². The Hall–Kier alpha value is -1.59. The predicted molar refractivity (Wildman–Crippen MR) is 88.1 cm³/mol. The first-order valence-corrected chi connectivity index (χ1v) is 7.58. The smallest absolute Gasteiger partial charge is 0.251 e. The van der Waals surface area contributed by atoms with E-state index in [4.69, 9.17) is 5.73 Å². The zero-order valence-electron chi connectivity index (χ0n) is 12.4. The second kappa shape index (κ2) is 7.11. The highest BCUT2D eigenvalue weighted by Crippen LogP contribution is 2.31. The van der Waals surface area contributed by atoms with Gasteiger partial charge in [-0.15, -0.1) is 12.4 Å². The van der Waals surface area contributed by atoms with Gasteiger partial charge in [0, 0.05) is 29.8 Å². The van der Waals surface area contributed by atoms with Crippen molar-refractivity contribution in [2.24, 2.45) is 17.6 Å². The normalized spacial score (nSPS) is 18.0. The largest absolute Gasteiger partial charge is 0.350 e. The van der Waals surface area contributed by atoms with Crippen LogP contribution in [0.1, 0.15) is 36.0 Å². The van der Waals surface area contributed by atoms with E-state index in [0.29, 0.717) is 18.0 Å². The van der Waals surface area contributed by atoms with Crippen LogP contribution in [0.15, 0.2) is 24.3 Å². The highest BCUT2D eigenvalue weighted by atomic mass is 35.5. The first-order chi connectivity index (χ1) is 10.1. The van der Waals surface area contributed by atoms with Crippen molar-refractivity contribution in [2.75, 3.05) is 11.9 Å². The maximum Gasteiger partial charge on any atom is 0.251 e. The van der Waals surface area contributed by atoms with E-state index in [-0.39, 0.29) is 36.2 Å². The lowest BCUT2D eigenvalue weighted by Crippen LogP contribution is -2.38. The number of nitrogens with one attached hydrogen (secondary N) is 2. The third kappa shape index (κ3) is 4.45. The van der Waals surface area contributed by atoms with E-state index < -0.39 is 0 Å². The number of hydrogen-bond acceptors (Lipinski definition) is 3. The number of rotatable bonds is 6. The minimum absolute atomic E-state index is 0. The fourth-order valence-corrected chi connectivity index (χ4v) is 2.30. The van der Waals surface area contributed by atoms with Gasteiger partial charge in [-0.3, -0.25) is 9.59 Å². The molecule has 22 heavy (non-hydrogen) atoms. The molecule has 2 saturated carbocycles. The molecule has 6 heteroatoms. The Bertz CT molecular complexity index is 539. The van der Waals surface area contributed by atoms with Crippen molar-refractivity contribution in [3.05, 3.63) is 29.8 Å². The van der Waals surface area contributed by atoms with Crippen LogP contribution >= 0.6 is 12.4 Å². The molecule has 2 fully saturated rings. The fraction of sp³-hybridized carbons (Fsp3) is 0.500. The summed E-state index contributed by atoms with van der Waals surface area (Å²) in [6.07, 6.45) is 4.31. The van der Waals surface area contributed by atoms with Gasteiger partial charge in [0.1, 0.15) is 0 Å². The Labute approximate surface area is 136 Å². The molecule has 0 radical (unpaired) electrons. The van der Waals surface area contributed by atoms with Crippen LogP contribution in [0.5, 0.6) is 0 Å². The SMILES string of the molecule is Cl.NC(CNC(=O)c1ccc(NC(=O)C2CC2)cc1)C1CC1. The van der Waals surface area contributed by atoms with Crippen molar-refractivity contribution >= 4 is 29.9 Å². The van der Waals surface area contributed by atoms with E-state index in [1.165, 1.54) is 12.8 Å². The Morgan fingerprint density at radius 2 is 1.77 bits per heavy atom. The molecule has 0 spiro atoms. The van der Waals surface area contributed by atoms with Gasteiger partial charge in [0.05, 0.1) is 0 Å². The second-order valence-electron chi connectivity index (χ2n) is 6.05. The van der Waals surface area contributed by atoms with Gasteiger partial charge in [-0.25, -0.2) is 0 Å². The van der Waals surface area contributed by atoms with Gasteiger partial charge >= 0.3 is 0 Å². The minimum Gasteiger partial charge on any atom is -0.350 e. The predicted octanol–water partition coefficient (Wildman–Crippen LogP) is 1.92. The molecule has 0 bridgehead atoms. The van der Waals surface area contributed by atoms with Gasteiger partial charge in [-0.2, -0.15) is 0 Å². The molecule has 0 aliphatic heterocycles. The van der Waals surface area contributed by atoms with E-state index in [9.17, 15) is 9.59 Å². The van der Waals surface area contributed by atoms with Crippen LogP contribution in [-0.2, 0) is 4.79 Å². The molecule has 0 heterocycles. The first kappa shape index (κ1) is 16.8. The molecule has 1 unspecified atom stereocenters. The third-order valence-electron chi connectivity index (χ3n) is 4.09. The van der Waals surface area contributed by atoms with Crippen LogP contribution in [0.4, 0.5) is 5.69 Å². The van der Waals surface area contributed by atoms with E-state index in [2.05, 4.69) is 10.6 Å². The number of nitrogens with two attached hydrogens (primary N) is 1. The summed E-state index contributed by atoms with van der Waals surface area (Å²) in [7, 11) is 0. The summed E-state index contributed by atoms with van der Waals surface area (Å²) in [6.45, 7) is 0.518. The molecule has 120 valence electrons. The number of hydrogen-bond donors (Lipinski definition) is 3. The van der Waals surface area contributed by atoms with Crippen molar-refractivity contribution in [1.29, 1.82) is 0 Å². The van der Waals surface area contributed by atoms with Gasteiger partial charge < -0.3 is 16.4 Å². The van der Waals surface area contributed by atoms with Crippen LogP contribution < -0.4 is 16.4 Å². The average Bonchev–Trinajstić information content (AvgIpc) is 3.37. The summed E-state index contributed by atoms with van der Waals surface area (Å²) in [5, 5.41) is 5.71. The maximum atomic E-state index is 12.0. The Kier molecular flexibility index (Phi) is 5.42. The fourth-order valence-electron chi connectivity index (χ4n) is 2.30. The standard InChI is InChI=1S/C16H21N3O2.ClH/c17-14(10-1-2-10)9-18-15(20)11-5-7-13(8-6-11)19-16(21)12-3-4-12;/h5-8,10,12,14H,1-4,9,17H2,(H,18,20)(H,19,21);1H. The molecule has 2 aliphatic carbocycles. The van der Waals surface area contributed by atoms with Gasteiger partial charge in [0.25, 0.3) is 5.91 Å². The van der Waals surface area contributed by atoms with E-state index in [1.54, 1.807) is 24.3 Å². The van der Waals surface area contributed by atoms with Crippen LogP contribution in [0.2, 0.25) is 0 Å². The van der Waals surface area contributed by atoms with Crippen LogP contribution in [0.25, 0.3) is 0 Å². The lowest BCUT2D eigenvalue weighted by molar-refractivity contribution is -0.117. The van der Waals surface area contributed by atoms with Gasteiger partial charge in [-0.1, -0.05) is 0 Å². The highest BCUT2D eigenvalue weighted by molar-refractivity contribution is 5.96. The second-order valence-corrected chi connectivity index (χ2v) is 6.05. The Morgan fingerprint density at radius 1 is 1.14 bits per heavy atom. The zero-order chi connectivity index (χ0) is 14.8. The van der Waals surface area contributed by atoms with Crippen LogP contribution in [0.3, 0.4) is 0 Å². The number of amides is 2. The van der Waals surface area contributed by atoms with Crippen molar-refractivity contribution in [2.45, 2.75) is 31.7 Å². The summed E-state index contributed by atoms with van der Waals surface area (Å²) in [4.78, 5) is 23.6. The molecule has 1 atom stereocenters. The molecule has 0 saturated heterocycles. The topological polar surface area (TPSA) is 84.2 Å². The monoisotopic (exact) mass is 323 g/mol. The maximum absolute atomic E-state index is 12.0. The van der Waals surface area contributed by atoms with Crippen molar-refractivity contribution in [1.82, 2.24) is 5.32 Å². The number of anilines is 1. The van der Waals surface area contributed by atoms with Crippen molar-refractivity contribution < 1.29 is 9.59 Å². The van der Waals surface area contributed by atoms with Crippen LogP contribution in [-0.4, -0.2) is 24.4 Å². The quantitative estimate of drug-likeness (QED) is 0.748. The lowest BCUT2D eigenvalue weighted by atomic mass is 10.1. The molecule has 1 aromatic rings. The summed E-state index contributed by atoms with van der Waals surface area (Å²) >= 11 is 0. The number of carbonyl (C=O) groups excluding carboxylic acids is 2. The van der Waals surface area contributed by atoms with Crippen molar-refractivity contribution in [3.63, 3.8) is 0 Å². The van der Waals surface area contributed by atoms with E-state index >= 15 is 0 Å². The molecule has 3 rings (SSSR count). The lowest BCUT2D eigenvalue weighted by Gasteiger charge is -2.12. The molecular weight excluding hydrogens is 302 g/mol. The highest BCUT2D eigenvalue weighted by Gasteiger charge is 2.30. The molecular formula is C16H22ClN3O2. The minimum atomic E-state index is -0.119. The van der Waals surface area contributed by atoms with Gasteiger partial charge in [-0.05, 0) is 55.9 Å². The Balaban J connectivity index is 0.00000176. The zero-order valence-corrected chi connectivity index (χ0v) is 13.2. The van der Waals surface area contributed by atoms with E-state index in [1.807, 2.05) is 0 Å². The molecule has 2 aliphatic rings. The number of halogens is 1. The molecule has 1 aromatic carbocycles. The van der Waals surface area contributed by atoms with E-state index in [0.717, 1.165) is 18.5 Å². The van der Waals surface area contributed by atoms with Gasteiger partial charge in [0.2, 0.25) is 5.91 Å². The summed E-state index contributed by atoms with van der Waals surface area (Å²) in [6, 6.07) is 7.03. The molecule has 0 aromatic heterocycles. The number of benzene rings is 1. The average molecular weight is 324 g/mol. The Morgan fingerprint density at radius 3 is 2.32 bits per heavy atom. The molecule has 5 nitrogen and oxygen atoms in total. The third-order valence-corrected chi connectivity index (χ3v) is 4.09. The first-order valence-electron chi connectivity index (χ1n) is 7.58. The summed E-state index contributed by atoms with van der Waals surface area (Å²) < 4.78 is 0. The summed E-state index contributed by atoms with van der Waals surface area (Å²) in [5.41, 5.74) is 7.28. The summed E-state index contributed by atoms with van der Waals surface area (Å²) in [5.74, 6) is 0.705. The number of carbonyl (C=O) groups is 2. The molecule has 2 amide bonds. The molecule has 4 N–H and O–H groups in total. The van der Waals surface area contributed by atoms with Gasteiger partial charge in [0.15, 0.2) is 0 Å². The van der Waals surface area contributed by atoms with Crippen molar-refractivity contribution in [3.8, 4) is 0 Å².